The number of imidazole rings is 1. The number of ether oxygens (including phenoxy) is 1. The fourth-order valence-corrected chi connectivity index (χ4v) is 2.17. The van der Waals surface area contributed by atoms with Crippen molar-refractivity contribution in [2.24, 2.45) is 0 Å². The van der Waals surface area contributed by atoms with Gasteiger partial charge in [0.1, 0.15) is 17.3 Å². The van der Waals surface area contributed by atoms with Crippen LogP contribution >= 0.6 is 0 Å². The number of phenolic OH excluding ortho intramolecular Hbond substituents is 1. The molecular weight excluding hydrogens is 264 g/mol. The molecule has 106 valence electrons. The minimum Gasteiger partial charge on any atom is -0.508 e. The summed E-state index contributed by atoms with van der Waals surface area (Å²) in [5.74, 6) is 1.82. The molecule has 0 aliphatic rings. The molecule has 0 fully saturated rings. The molecule has 4 heteroatoms. The third kappa shape index (κ3) is 2.89. The van der Waals surface area contributed by atoms with Crippen LogP contribution < -0.4 is 4.74 Å². The van der Waals surface area contributed by atoms with Gasteiger partial charge in [-0.1, -0.05) is 12.1 Å². The van der Waals surface area contributed by atoms with Gasteiger partial charge in [-0.05, 0) is 48.9 Å². The lowest BCUT2D eigenvalue weighted by molar-refractivity contribution is 0.340. The highest BCUT2D eigenvalue weighted by molar-refractivity contribution is 5.65. The van der Waals surface area contributed by atoms with Crippen molar-refractivity contribution in [1.82, 2.24) is 9.97 Å². The quantitative estimate of drug-likeness (QED) is 0.763. The van der Waals surface area contributed by atoms with Gasteiger partial charge in [-0.25, -0.2) is 4.98 Å². The van der Waals surface area contributed by atoms with Crippen LogP contribution in [0.5, 0.6) is 11.5 Å². The molecule has 0 bridgehead atoms. The molecule has 0 saturated heterocycles. The summed E-state index contributed by atoms with van der Waals surface area (Å²) in [7, 11) is 0. The van der Waals surface area contributed by atoms with Gasteiger partial charge in [-0.2, -0.15) is 0 Å². The van der Waals surface area contributed by atoms with E-state index in [1.165, 1.54) is 0 Å². The average molecular weight is 280 g/mol. The molecule has 0 amide bonds. The maximum atomic E-state index is 9.52. The molecule has 2 N–H and O–H groups in total. The zero-order chi connectivity index (χ0) is 14.7. The molecule has 0 aliphatic carbocycles. The predicted octanol–water partition coefficient (Wildman–Crippen LogP) is 3.85. The van der Waals surface area contributed by atoms with Gasteiger partial charge < -0.3 is 14.8 Å². The second kappa shape index (κ2) is 5.71. The van der Waals surface area contributed by atoms with Gasteiger partial charge in [0.05, 0.1) is 18.5 Å². The van der Waals surface area contributed by atoms with E-state index >= 15 is 0 Å². The summed E-state index contributed by atoms with van der Waals surface area (Å²) >= 11 is 0. The zero-order valence-electron chi connectivity index (χ0n) is 11.7. The minimum atomic E-state index is 0.228. The fourth-order valence-electron chi connectivity index (χ4n) is 2.17. The number of phenols is 1. The van der Waals surface area contributed by atoms with Crippen LogP contribution in [0.1, 0.15) is 6.92 Å². The largest absolute Gasteiger partial charge is 0.508 e. The number of hydrogen-bond donors (Lipinski definition) is 2. The topological polar surface area (TPSA) is 58.1 Å². The molecule has 0 unspecified atom stereocenters. The van der Waals surface area contributed by atoms with Gasteiger partial charge in [0.25, 0.3) is 0 Å². The van der Waals surface area contributed by atoms with E-state index in [1.54, 1.807) is 24.4 Å². The Kier molecular flexibility index (Phi) is 3.60. The fraction of sp³-hybridized carbons (Fsp3) is 0.118. The van der Waals surface area contributed by atoms with Crippen LogP contribution in [0.2, 0.25) is 0 Å². The SMILES string of the molecule is CCOc1ccc(-c2cnc(-c3cccc(O)c3)[nH]2)cc1. The summed E-state index contributed by atoms with van der Waals surface area (Å²) in [4.78, 5) is 7.63. The first-order valence-electron chi connectivity index (χ1n) is 6.84. The lowest BCUT2D eigenvalue weighted by atomic mass is 10.1. The lowest BCUT2D eigenvalue weighted by Crippen LogP contribution is -1.90. The highest BCUT2D eigenvalue weighted by Gasteiger charge is 2.06. The maximum Gasteiger partial charge on any atom is 0.137 e. The van der Waals surface area contributed by atoms with Gasteiger partial charge in [0, 0.05) is 5.56 Å². The first kappa shape index (κ1) is 13.2. The summed E-state index contributed by atoms with van der Waals surface area (Å²) < 4.78 is 5.43. The van der Waals surface area contributed by atoms with Crippen molar-refractivity contribution in [2.75, 3.05) is 6.61 Å². The summed E-state index contributed by atoms with van der Waals surface area (Å²) in [5.41, 5.74) is 2.82. The third-order valence-electron chi connectivity index (χ3n) is 3.17. The van der Waals surface area contributed by atoms with E-state index in [9.17, 15) is 5.11 Å². The molecule has 0 spiro atoms. The van der Waals surface area contributed by atoms with Crippen molar-refractivity contribution in [3.8, 4) is 34.1 Å². The van der Waals surface area contributed by atoms with E-state index in [2.05, 4.69) is 9.97 Å². The number of nitrogens with zero attached hydrogens (tertiary/aromatic N) is 1. The van der Waals surface area contributed by atoms with Gasteiger partial charge in [0.15, 0.2) is 0 Å². The van der Waals surface area contributed by atoms with Crippen molar-refractivity contribution in [2.45, 2.75) is 6.92 Å². The number of aromatic nitrogens is 2. The molecule has 21 heavy (non-hydrogen) atoms. The second-order valence-corrected chi connectivity index (χ2v) is 4.65. The Morgan fingerprint density at radius 3 is 2.62 bits per heavy atom. The highest BCUT2D eigenvalue weighted by atomic mass is 16.5. The van der Waals surface area contributed by atoms with Crippen molar-refractivity contribution < 1.29 is 9.84 Å². The summed E-state index contributed by atoms with van der Waals surface area (Å²) in [5, 5.41) is 9.52. The van der Waals surface area contributed by atoms with Crippen LogP contribution in [0.25, 0.3) is 22.6 Å². The smallest absolute Gasteiger partial charge is 0.137 e. The number of hydrogen-bond acceptors (Lipinski definition) is 3. The normalized spacial score (nSPS) is 10.5. The van der Waals surface area contributed by atoms with E-state index in [4.69, 9.17) is 4.74 Å². The van der Waals surface area contributed by atoms with Crippen LogP contribution in [0.4, 0.5) is 0 Å². The van der Waals surface area contributed by atoms with E-state index in [0.717, 1.165) is 28.4 Å². The molecule has 0 aliphatic heterocycles. The van der Waals surface area contributed by atoms with Gasteiger partial charge in [0.2, 0.25) is 0 Å². The molecule has 0 saturated carbocycles. The van der Waals surface area contributed by atoms with Gasteiger partial charge >= 0.3 is 0 Å². The van der Waals surface area contributed by atoms with Gasteiger partial charge in [-0.15, -0.1) is 0 Å². The van der Waals surface area contributed by atoms with Crippen LogP contribution in [0, 0.1) is 0 Å². The third-order valence-corrected chi connectivity index (χ3v) is 3.17. The summed E-state index contributed by atoms with van der Waals surface area (Å²) in [6, 6.07) is 14.9. The molecule has 0 atom stereocenters. The number of rotatable bonds is 4. The van der Waals surface area contributed by atoms with Crippen LogP contribution in [-0.4, -0.2) is 21.7 Å². The molecule has 1 heterocycles. The number of nitrogens with one attached hydrogen (secondary N) is 1. The van der Waals surface area contributed by atoms with Crippen LogP contribution in [0.3, 0.4) is 0 Å². The van der Waals surface area contributed by atoms with E-state index < -0.39 is 0 Å². The number of aromatic amines is 1. The monoisotopic (exact) mass is 280 g/mol. The second-order valence-electron chi connectivity index (χ2n) is 4.65. The molecule has 3 aromatic rings. The van der Waals surface area contributed by atoms with Crippen molar-refractivity contribution in [1.29, 1.82) is 0 Å². The lowest BCUT2D eigenvalue weighted by Gasteiger charge is -2.03. The van der Waals surface area contributed by atoms with E-state index in [-0.39, 0.29) is 5.75 Å². The molecule has 2 aromatic carbocycles. The van der Waals surface area contributed by atoms with Crippen molar-refractivity contribution >= 4 is 0 Å². The summed E-state index contributed by atoms with van der Waals surface area (Å²) in [6.45, 7) is 2.62. The van der Waals surface area contributed by atoms with Crippen molar-refractivity contribution in [3.05, 3.63) is 54.7 Å². The average Bonchev–Trinajstić information content (AvgIpc) is 2.98. The van der Waals surface area contributed by atoms with Crippen LogP contribution in [0.15, 0.2) is 54.7 Å². The highest BCUT2D eigenvalue weighted by Crippen LogP contribution is 2.25. The number of H-pyrrole nitrogens is 1. The molecule has 0 radical (unpaired) electrons. The Morgan fingerprint density at radius 1 is 1.10 bits per heavy atom. The Bertz CT molecular complexity index is 733. The first-order valence-corrected chi connectivity index (χ1v) is 6.84. The first-order chi connectivity index (χ1) is 10.3. The Balaban J connectivity index is 1.87. The Hall–Kier alpha value is -2.75. The molecule has 4 nitrogen and oxygen atoms in total. The maximum absolute atomic E-state index is 9.52. The van der Waals surface area contributed by atoms with E-state index in [0.29, 0.717) is 6.61 Å². The van der Waals surface area contributed by atoms with Crippen LogP contribution in [-0.2, 0) is 0 Å². The summed E-state index contributed by atoms with van der Waals surface area (Å²) in [6.07, 6.45) is 1.79. The van der Waals surface area contributed by atoms with E-state index in [1.807, 2.05) is 37.3 Å². The van der Waals surface area contributed by atoms with Gasteiger partial charge in [-0.3, -0.25) is 0 Å². The van der Waals surface area contributed by atoms with Crippen molar-refractivity contribution in [3.63, 3.8) is 0 Å². The minimum absolute atomic E-state index is 0.228. The molecule has 1 aromatic heterocycles. The number of benzene rings is 2. The standard InChI is InChI=1S/C17H16N2O2/c1-2-21-15-8-6-12(7-9-15)16-11-18-17(19-16)13-4-3-5-14(20)10-13/h3-11,20H,2H2,1H3,(H,18,19). The Morgan fingerprint density at radius 2 is 1.90 bits per heavy atom. The zero-order valence-corrected chi connectivity index (χ0v) is 11.7. The Labute approximate surface area is 123 Å². The number of aromatic hydroxyl groups is 1. The molecule has 3 rings (SSSR count). The predicted molar refractivity (Wildman–Crippen MR) is 82.3 cm³/mol. The molecular formula is C17H16N2O2.